The zero-order chi connectivity index (χ0) is 15.8. The number of carbonyl (C=O) groups is 2. The molecule has 1 atom stereocenters. The summed E-state index contributed by atoms with van der Waals surface area (Å²) < 4.78 is 4.72. The molecule has 0 aliphatic rings. The fourth-order valence-corrected chi connectivity index (χ4v) is 2.01. The Morgan fingerprint density at radius 2 is 1.76 bits per heavy atom. The van der Waals surface area contributed by atoms with Gasteiger partial charge in [0.2, 0.25) is 0 Å². The van der Waals surface area contributed by atoms with Crippen molar-refractivity contribution in [2.75, 3.05) is 25.5 Å². The van der Waals surface area contributed by atoms with E-state index in [1.54, 1.807) is 11.8 Å². The zero-order valence-corrected chi connectivity index (χ0v) is 13.1. The molecule has 1 N–H and O–H groups in total. The van der Waals surface area contributed by atoms with Crippen LogP contribution >= 0.6 is 0 Å². The molecular weight excluding hydrogens is 268 g/mol. The van der Waals surface area contributed by atoms with E-state index in [1.807, 2.05) is 44.2 Å². The van der Waals surface area contributed by atoms with Crippen LogP contribution in [0.1, 0.15) is 20.8 Å². The average Bonchev–Trinajstić information content (AvgIpc) is 2.46. The maximum atomic E-state index is 12.4. The smallest absolute Gasteiger partial charge is 0.321 e. The van der Waals surface area contributed by atoms with Crippen LogP contribution in [0.15, 0.2) is 30.3 Å². The van der Waals surface area contributed by atoms with Crippen molar-refractivity contribution in [3.8, 4) is 0 Å². The second kappa shape index (κ2) is 8.29. The molecule has 0 spiro atoms. The van der Waals surface area contributed by atoms with E-state index in [-0.39, 0.29) is 17.9 Å². The minimum absolute atomic E-state index is 0.203. The van der Waals surface area contributed by atoms with Crippen LogP contribution in [0.2, 0.25) is 0 Å². The molecule has 0 saturated heterocycles. The summed E-state index contributed by atoms with van der Waals surface area (Å²) in [5.41, 5.74) is 0.738. The molecule has 116 valence electrons. The van der Waals surface area contributed by atoms with Gasteiger partial charge >= 0.3 is 12.0 Å². The van der Waals surface area contributed by atoms with Gasteiger partial charge in [0.05, 0.1) is 13.0 Å². The number of rotatable bonds is 6. The largest absolute Gasteiger partial charge is 0.469 e. The number of amides is 2. The lowest BCUT2D eigenvalue weighted by Gasteiger charge is -2.27. The Morgan fingerprint density at radius 3 is 2.29 bits per heavy atom. The molecule has 0 fully saturated rings. The highest BCUT2D eigenvalue weighted by molar-refractivity contribution is 5.89. The van der Waals surface area contributed by atoms with Gasteiger partial charge in [-0.25, -0.2) is 4.79 Å². The third kappa shape index (κ3) is 5.85. The van der Waals surface area contributed by atoms with Gasteiger partial charge in [-0.2, -0.15) is 0 Å². The molecule has 0 aliphatic heterocycles. The minimum Gasteiger partial charge on any atom is -0.469 e. The van der Waals surface area contributed by atoms with Crippen molar-refractivity contribution < 1.29 is 14.3 Å². The van der Waals surface area contributed by atoms with E-state index in [2.05, 4.69) is 5.32 Å². The van der Waals surface area contributed by atoms with Crippen molar-refractivity contribution in [1.29, 1.82) is 0 Å². The number of hydrogen-bond acceptors (Lipinski definition) is 3. The molecule has 0 bridgehead atoms. The molecule has 0 aliphatic carbocycles. The standard InChI is InChI=1S/C16H24N2O3/c1-12(2)10-18(11-13(3)15(19)21-4)16(20)17-14-8-6-5-7-9-14/h5-9,12-13H,10-11H2,1-4H3,(H,17,20). The molecule has 0 aromatic heterocycles. The van der Waals surface area contributed by atoms with Gasteiger partial charge in [-0.1, -0.05) is 39.0 Å². The van der Waals surface area contributed by atoms with Gasteiger partial charge in [0.15, 0.2) is 0 Å². The highest BCUT2D eigenvalue weighted by Gasteiger charge is 2.22. The summed E-state index contributed by atoms with van der Waals surface area (Å²) in [6.07, 6.45) is 0. The first kappa shape index (κ1) is 17.0. The number of esters is 1. The van der Waals surface area contributed by atoms with E-state index in [4.69, 9.17) is 4.74 Å². The summed E-state index contributed by atoms with van der Waals surface area (Å²) in [6.45, 7) is 6.75. The molecule has 1 aromatic carbocycles. The quantitative estimate of drug-likeness (QED) is 0.820. The Balaban J connectivity index is 2.72. The molecule has 1 aromatic rings. The van der Waals surface area contributed by atoms with Crippen LogP contribution in [0, 0.1) is 11.8 Å². The lowest BCUT2D eigenvalue weighted by Crippen LogP contribution is -2.41. The maximum Gasteiger partial charge on any atom is 0.321 e. The number of methoxy groups -OCH3 is 1. The molecular formula is C16H24N2O3. The fraction of sp³-hybridized carbons (Fsp3) is 0.500. The Kier molecular flexibility index (Phi) is 6.72. The maximum absolute atomic E-state index is 12.4. The Morgan fingerprint density at radius 1 is 1.14 bits per heavy atom. The lowest BCUT2D eigenvalue weighted by atomic mass is 10.1. The molecule has 1 rings (SSSR count). The molecule has 0 saturated carbocycles. The van der Waals surface area contributed by atoms with Crippen LogP contribution in [-0.2, 0) is 9.53 Å². The SMILES string of the molecule is COC(=O)C(C)CN(CC(C)C)C(=O)Nc1ccccc1. The van der Waals surface area contributed by atoms with Gasteiger partial charge in [0.1, 0.15) is 0 Å². The number of hydrogen-bond donors (Lipinski definition) is 1. The molecule has 21 heavy (non-hydrogen) atoms. The Labute approximate surface area is 126 Å². The van der Waals surface area contributed by atoms with Crippen molar-refractivity contribution in [2.45, 2.75) is 20.8 Å². The van der Waals surface area contributed by atoms with Crippen LogP contribution in [0.5, 0.6) is 0 Å². The lowest BCUT2D eigenvalue weighted by molar-refractivity contribution is -0.145. The molecule has 0 radical (unpaired) electrons. The third-order valence-corrected chi connectivity index (χ3v) is 3.00. The highest BCUT2D eigenvalue weighted by Crippen LogP contribution is 2.10. The highest BCUT2D eigenvalue weighted by atomic mass is 16.5. The summed E-state index contributed by atoms with van der Waals surface area (Å²) >= 11 is 0. The number of anilines is 1. The van der Waals surface area contributed by atoms with Crippen molar-refractivity contribution in [1.82, 2.24) is 4.90 Å². The van der Waals surface area contributed by atoms with Crippen LogP contribution in [-0.4, -0.2) is 37.1 Å². The predicted octanol–water partition coefficient (Wildman–Crippen LogP) is 2.99. The van der Waals surface area contributed by atoms with Crippen molar-refractivity contribution >= 4 is 17.7 Å². The number of benzene rings is 1. The van der Waals surface area contributed by atoms with Crippen LogP contribution in [0.25, 0.3) is 0 Å². The molecule has 5 nitrogen and oxygen atoms in total. The number of urea groups is 1. The first-order chi connectivity index (χ1) is 9.93. The van der Waals surface area contributed by atoms with Crippen LogP contribution < -0.4 is 5.32 Å². The first-order valence-corrected chi connectivity index (χ1v) is 7.12. The summed E-state index contributed by atoms with van der Waals surface area (Å²) in [5, 5.41) is 2.84. The van der Waals surface area contributed by atoms with E-state index in [0.29, 0.717) is 19.0 Å². The number of para-hydroxylation sites is 1. The fourth-order valence-electron chi connectivity index (χ4n) is 2.01. The summed E-state index contributed by atoms with van der Waals surface area (Å²) in [7, 11) is 1.36. The van der Waals surface area contributed by atoms with E-state index in [0.717, 1.165) is 5.69 Å². The molecule has 0 heterocycles. The summed E-state index contributed by atoms with van der Waals surface area (Å²) in [5.74, 6) is -0.345. The van der Waals surface area contributed by atoms with Crippen molar-refractivity contribution in [3.63, 3.8) is 0 Å². The van der Waals surface area contributed by atoms with Crippen LogP contribution in [0.4, 0.5) is 10.5 Å². The average molecular weight is 292 g/mol. The van der Waals surface area contributed by atoms with Crippen LogP contribution in [0.3, 0.4) is 0 Å². The van der Waals surface area contributed by atoms with E-state index < -0.39 is 0 Å². The third-order valence-electron chi connectivity index (χ3n) is 3.00. The van der Waals surface area contributed by atoms with Gasteiger partial charge in [-0.3, -0.25) is 4.79 Å². The number of carbonyl (C=O) groups excluding carboxylic acids is 2. The van der Waals surface area contributed by atoms with E-state index in [1.165, 1.54) is 7.11 Å². The Bertz CT molecular complexity index is 460. The van der Waals surface area contributed by atoms with Crippen molar-refractivity contribution in [3.05, 3.63) is 30.3 Å². The first-order valence-electron chi connectivity index (χ1n) is 7.12. The normalized spacial score (nSPS) is 11.9. The van der Waals surface area contributed by atoms with Gasteiger partial charge in [0.25, 0.3) is 0 Å². The van der Waals surface area contributed by atoms with Gasteiger partial charge in [-0.15, -0.1) is 0 Å². The molecule has 1 unspecified atom stereocenters. The van der Waals surface area contributed by atoms with E-state index in [9.17, 15) is 9.59 Å². The monoisotopic (exact) mass is 292 g/mol. The number of nitrogens with zero attached hydrogens (tertiary/aromatic N) is 1. The van der Waals surface area contributed by atoms with Gasteiger partial charge in [0, 0.05) is 18.8 Å². The molecule has 5 heteroatoms. The van der Waals surface area contributed by atoms with Gasteiger partial charge in [-0.05, 0) is 18.1 Å². The topological polar surface area (TPSA) is 58.6 Å². The Hall–Kier alpha value is -2.04. The zero-order valence-electron chi connectivity index (χ0n) is 13.1. The number of nitrogens with one attached hydrogen (secondary N) is 1. The van der Waals surface area contributed by atoms with Gasteiger partial charge < -0.3 is 15.0 Å². The number of ether oxygens (including phenoxy) is 1. The minimum atomic E-state index is -0.352. The molecule has 2 amide bonds. The van der Waals surface area contributed by atoms with E-state index >= 15 is 0 Å². The summed E-state index contributed by atoms with van der Waals surface area (Å²) in [6, 6.07) is 9.06. The summed E-state index contributed by atoms with van der Waals surface area (Å²) in [4.78, 5) is 25.5. The van der Waals surface area contributed by atoms with Crippen molar-refractivity contribution in [2.24, 2.45) is 11.8 Å². The predicted molar refractivity (Wildman–Crippen MR) is 83.1 cm³/mol. The second-order valence-electron chi connectivity index (χ2n) is 5.52. The second-order valence-corrected chi connectivity index (χ2v) is 5.52.